The number of rotatable bonds is 10. The number of hydrogen-bond acceptors (Lipinski definition) is 4. The third-order valence-corrected chi connectivity index (χ3v) is 8.14. The number of sulfonamides is 1. The van der Waals surface area contributed by atoms with Crippen LogP contribution in [0.15, 0.2) is 82.6 Å². The first-order valence-electron chi connectivity index (χ1n) is 10.6. The van der Waals surface area contributed by atoms with Gasteiger partial charge in [-0.15, -0.1) is 11.8 Å². The smallest absolute Gasteiger partial charge is 0.264 e. The fourth-order valence-electron chi connectivity index (χ4n) is 3.10. The van der Waals surface area contributed by atoms with Crippen molar-refractivity contribution in [2.45, 2.75) is 30.1 Å². The van der Waals surface area contributed by atoms with Crippen LogP contribution < -0.4 is 9.62 Å². The number of nitrogens with one attached hydrogen (secondary N) is 1. The summed E-state index contributed by atoms with van der Waals surface area (Å²) in [6.45, 7) is 4.03. The molecular formula is C25H27ClN2O3S2. The van der Waals surface area contributed by atoms with Gasteiger partial charge < -0.3 is 5.32 Å². The molecule has 8 heteroatoms. The highest BCUT2D eigenvalue weighted by molar-refractivity contribution is 7.99. The fraction of sp³-hybridized carbons (Fsp3) is 0.240. The molecular weight excluding hydrogens is 476 g/mol. The van der Waals surface area contributed by atoms with Gasteiger partial charge in [0.25, 0.3) is 10.0 Å². The van der Waals surface area contributed by atoms with E-state index in [9.17, 15) is 13.2 Å². The average molecular weight is 503 g/mol. The van der Waals surface area contributed by atoms with E-state index in [2.05, 4.69) is 36.5 Å². The molecule has 0 radical (unpaired) electrons. The highest BCUT2D eigenvalue weighted by atomic mass is 35.5. The molecule has 174 valence electrons. The number of halogens is 1. The van der Waals surface area contributed by atoms with Crippen molar-refractivity contribution in [3.05, 3.63) is 88.9 Å². The monoisotopic (exact) mass is 502 g/mol. The maximum absolute atomic E-state index is 13.4. The van der Waals surface area contributed by atoms with Crippen molar-refractivity contribution >= 4 is 45.0 Å². The van der Waals surface area contributed by atoms with Crippen LogP contribution in [0.3, 0.4) is 0 Å². The van der Waals surface area contributed by atoms with Crippen molar-refractivity contribution in [3.8, 4) is 0 Å². The van der Waals surface area contributed by atoms with E-state index in [4.69, 9.17) is 11.6 Å². The highest BCUT2D eigenvalue weighted by Gasteiger charge is 2.28. The van der Waals surface area contributed by atoms with E-state index in [0.29, 0.717) is 6.54 Å². The van der Waals surface area contributed by atoms with Crippen LogP contribution in [0.25, 0.3) is 0 Å². The molecule has 0 saturated heterocycles. The van der Waals surface area contributed by atoms with Crippen molar-refractivity contribution in [2.24, 2.45) is 0 Å². The van der Waals surface area contributed by atoms with Crippen LogP contribution >= 0.6 is 23.4 Å². The Morgan fingerprint density at radius 1 is 0.939 bits per heavy atom. The predicted octanol–water partition coefficient (Wildman–Crippen LogP) is 5.45. The van der Waals surface area contributed by atoms with Crippen LogP contribution in [0.5, 0.6) is 0 Å². The number of nitrogens with zero attached hydrogens (tertiary/aromatic N) is 1. The zero-order valence-electron chi connectivity index (χ0n) is 18.6. The quantitative estimate of drug-likeness (QED) is 0.295. The first-order valence-corrected chi connectivity index (χ1v) is 13.4. The maximum atomic E-state index is 13.4. The highest BCUT2D eigenvalue weighted by Crippen LogP contribution is 2.30. The minimum Gasteiger partial charge on any atom is -0.354 e. The molecule has 0 atom stereocenters. The minimum atomic E-state index is -3.98. The summed E-state index contributed by atoms with van der Waals surface area (Å²) in [6, 6.07) is 21.4. The summed E-state index contributed by atoms with van der Waals surface area (Å²) in [5, 5.41) is 3.09. The van der Waals surface area contributed by atoms with Crippen molar-refractivity contribution in [1.82, 2.24) is 5.32 Å². The van der Waals surface area contributed by atoms with Gasteiger partial charge in [0, 0.05) is 11.4 Å². The lowest BCUT2D eigenvalue weighted by atomic mass is 10.2. The number of benzene rings is 3. The van der Waals surface area contributed by atoms with Crippen molar-refractivity contribution in [2.75, 3.05) is 23.1 Å². The van der Waals surface area contributed by atoms with Gasteiger partial charge in [0.1, 0.15) is 6.54 Å². The van der Waals surface area contributed by atoms with Gasteiger partial charge in [-0.2, -0.15) is 0 Å². The standard InChI is InChI=1S/C25H27ClN2O3S2/c1-19-8-12-21(13-9-19)32-17-5-16-27-25(29)18-28(24-7-4-3-6-23(24)26)33(30,31)22-14-10-20(2)11-15-22/h3-4,6-15H,5,16-18H2,1-2H3,(H,27,29). The molecule has 5 nitrogen and oxygen atoms in total. The Morgan fingerprint density at radius 3 is 2.18 bits per heavy atom. The Balaban J connectivity index is 1.65. The average Bonchev–Trinajstić information content (AvgIpc) is 2.79. The van der Waals surface area contributed by atoms with Crippen LogP contribution in [0.1, 0.15) is 17.5 Å². The van der Waals surface area contributed by atoms with Crippen molar-refractivity contribution < 1.29 is 13.2 Å². The largest absolute Gasteiger partial charge is 0.354 e. The fourth-order valence-corrected chi connectivity index (χ4v) is 5.68. The number of thioether (sulfide) groups is 1. The van der Waals surface area contributed by atoms with E-state index in [-0.39, 0.29) is 28.1 Å². The number of aryl methyl sites for hydroxylation is 2. The molecule has 3 rings (SSSR count). The molecule has 0 aliphatic heterocycles. The third kappa shape index (κ3) is 7.00. The summed E-state index contributed by atoms with van der Waals surface area (Å²) in [4.78, 5) is 14.0. The molecule has 0 spiro atoms. The second-order valence-electron chi connectivity index (χ2n) is 7.64. The number of para-hydroxylation sites is 1. The second kappa shape index (κ2) is 11.6. The van der Waals surface area contributed by atoms with E-state index >= 15 is 0 Å². The molecule has 1 amide bonds. The molecule has 0 aliphatic carbocycles. The number of carbonyl (C=O) groups excluding carboxylic acids is 1. The van der Waals surface area contributed by atoms with Crippen LogP contribution in [0.2, 0.25) is 5.02 Å². The SMILES string of the molecule is Cc1ccc(SCCCNC(=O)CN(c2ccccc2Cl)S(=O)(=O)c2ccc(C)cc2)cc1. The number of amides is 1. The normalized spacial score (nSPS) is 11.2. The van der Waals surface area contributed by atoms with Gasteiger partial charge in [0.15, 0.2) is 0 Å². The molecule has 33 heavy (non-hydrogen) atoms. The maximum Gasteiger partial charge on any atom is 0.264 e. The van der Waals surface area contributed by atoms with E-state index in [1.807, 2.05) is 6.92 Å². The zero-order valence-corrected chi connectivity index (χ0v) is 21.0. The topological polar surface area (TPSA) is 66.5 Å². The van der Waals surface area contributed by atoms with E-state index < -0.39 is 10.0 Å². The Kier molecular flexibility index (Phi) is 8.83. The number of anilines is 1. The summed E-state index contributed by atoms with van der Waals surface area (Å²) in [5.41, 5.74) is 2.43. The van der Waals surface area contributed by atoms with Crippen LogP contribution in [0, 0.1) is 13.8 Å². The first-order chi connectivity index (χ1) is 15.8. The summed E-state index contributed by atoms with van der Waals surface area (Å²) >= 11 is 8.02. The first kappa shape index (κ1) is 25.1. The molecule has 0 unspecified atom stereocenters. The van der Waals surface area contributed by atoms with Crippen molar-refractivity contribution in [3.63, 3.8) is 0 Å². The van der Waals surface area contributed by atoms with Gasteiger partial charge in [-0.25, -0.2) is 8.42 Å². The Hall–Kier alpha value is -2.48. The Morgan fingerprint density at radius 2 is 1.55 bits per heavy atom. The minimum absolute atomic E-state index is 0.107. The lowest BCUT2D eigenvalue weighted by Crippen LogP contribution is -2.41. The summed E-state index contributed by atoms with van der Waals surface area (Å²) in [5.74, 6) is 0.463. The van der Waals surface area contributed by atoms with Gasteiger partial charge in [0.2, 0.25) is 5.91 Å². The van der Waals surface area contributed by atoms with Crippen LogP contribution in [-0.4, -0.2) is 33.2 Å². The molecule has 3 aromatic carbocycles. The second-order valence-corrected chi connectivity index (χ2v) is 11.1. The molecule has 3 aromatic rings. The summed E-state index contributed by atoms with van der Waals surface area (Å²) < 4.78 is 27.8. The predicted molar refractivity (Wildman–Crippen MR) is 137 cm³/mol. The van der Waals surface area contributed by atoms with Crippen LogP contribution in [-0.2, 0) is 14.8 Å². The Labute approximate surface area is 205 Å². The lowest BCUT2D eigenvalue weighted by Gasteiger charge is -2.25. The molecule has 0 aromatic heterocycles. The Bertz CT molecular complexity index is 1180. The van der Waals surface area contributed by atoms with E-state index in [0.717, 1.165) is 22.0 Å². The van der Waals surface area contributed by atoms with Gasteiger partial charge >= 0.3 is 0 Å². The number of carbonyl (C=O) groups is 1. The molecule has 0 fully saturated rings. The van der Waals surface area contributed by atoms with Crippen LogP contribution in [0.4, 0.5) is 5.69 Å². The summed E-state index contributed by atoms with van der Waals surface area (Å²) in [7, 11) is -3.98. The molecule has 0 saturated carbocycles. The molecule has 0 heterocycles. The van der Waals surface area contributed by atoms with E-state index in [1.54, 1.807) is 48.2 Å². The molecule has 0 aliphatic rings. The number of hydrogen-bond donors (Lipinski definition) is 1. The zero-order chi connectivity index (χ0) is 23.8. The van der Waals surface area contributed by atoms with Gasteiger partial charge in [-0.1, -0.05) is 59.1 Å². The lowest BCUT2D eigenvalue weighted by molar-refractivity contribution is -0.119. The third-order valence-electron chi connectivity index (χ3n) is 4.95. The molecule has 1 N–H and O–H groups in total. The van der Waals surface area contributed by atoms with Gasteiger partial charge in [0.05, 0.1) is 15.6 Å². The van der Waals surface area contributed by atoms with Gasteiger partial charge in [-0.05, 0) is 62.4 Å². The van der Waals surface area contributed by atoms with Gasteiger partial charge in [-0.3, -0.25) is 9.10 Å². The molecule has 0 bridgehead atoms. The van der Waals surface area contributed by atoms with Crippen molar-refractivity contribution in [1.29, 1.82) is 0 Å². The van der Waals surface area contributed by atoms with E-state index in [1.165, 1.54) is 22.6 Å². The summed E-state index contributed by atoms with van der Waals surface area (Å²) in [6.07, 6.45) is 0.765.